The Labute approximate surface area is 115 Å². The minimum Gasteiger partial charge on any atom is -0.481 e. The predicted molar refractivity (Wildman–Crippen MR) is 73.9 cm³/mol. The van der Waals surface area contributed by atoms with Crippen LogP contribution in [0.1, 0.15) is 47.0 Å². The normalized spacial score (nSPS) is 26.9. The smallest absolute Gasteiger partial charge is 0.310 e. The fourth-order valence-electron chi connectivity index (χ4n) is 2.54. The first-order valence-corrected chi connectivity index (χ1v) is 7.08. The highest BCUT2D eigenvalue weighted by atomic mass is 16.4. The highest BCUT2D eigenvalue weighted by Gasteiger charge is 2.42. The molecule has 3 atom stereocenters. The predicted octanol–water partition coefficient (Wildman–Crippen LogP) is 1.48. The fraction of sp³-hybridized carbons (Fsp3) is 0.857. The van der Waals surface area contributed by atoms with Crippen LogP contribution in [0.4, 0.5) is 0 Å². The third-order valence-corrected chi connectivity index (χ3v) is 4.06. The highest BCUT2D eigenvalue weighted by molar-refractivity contribution is 5.82. The van der Waals surface area contributed by atoms with Gasteiger partial charge in [0, 0.05) is 19.1 Å². The molecule has 5 heteroatoms. The first-order valence-electron chi connectivity index (χ1n) is 7.08. The molecule has 1 saturated heterocycles. The molecule has 2 N–H and O–H groups in total. The summed E-state index contributed by atoms with van der Waals surface area (Å²) in [6, 6.07) is -0.0890. The van der Waals surface area contributed by atoms with E-state index >= 15 is 0 Å². The van der Waals surface area contributed by atoms with E-state index in [4.69, 9.17) is 0 Å². The van der Waals surface area contributed by atoms with Crippen molar-refractivity contribution < 1.29 is 14.7 Å². The van der Waals surface area contributed by atoms with Crippen LogP contribution in [0, 0.1) is 5.41 Å². The number of nitrogens with zero attached hydrogens (tertiary/aromatic N) is 1. The van der Waals surface area contributed by atoms with Gasteiger partial charge in [0.25, 0.3) is 0 Å². The average Bonchev–Trinajstić information content (AvgIpc) is 2.72. The molecule has 0 aromatic carbocycles. The molecule has 5 nitrogen and oxygen atoms in total. The summed E-state index contributed by atoms with van der Waals surface area (Å²) in [5.74, 6) is -0.780. The molecule has 0 saturated carbocycles. The molecule has 0 aromatic heterocycles. The zero-order valence-electron chi connectivity index (χ0n) is 12.4. The van der Waals surface area contributed by atoms with Crippen molar-refractivity contribution in [2.45, 2.75) is 59.0 Å². The van der Waals surface area contributed by atoms with Crippen molar-refractivity contribution in [2.24, 2.45) is 5.41 Å². The van der Waals surface area contributed by atoms with E-state index in [-0.39, 0.29) is 18.0 Å². The van der Waals surface area contributed by atoms with Gasteiger partial charge in [-0.3, -0.25) is 14.5 Å². The average molecular weight is 270 g/mol. The minimum absolute atomic E-state index is 0.00408. The number of rotatable bonds is 6. The summed E-state index contributed by atoms with van der Waals surface area (Å²) in [4.78, 5) is 25.3. The summed E-state index contributed by atoms with van der Waals surface area (Å²) in [6.45, 7) is 8.80. The number of amides is 1. The van der Waals surface area contributed by atoms with Gasteiger partial charge in [-0.2, -0.15) is 0 Å². The third kappa shape index (κ3) is 3.93. The molecule has 1 aliphatic rings. The largest absolute Gasteiger partial charge is 0.481 e. The van der Waals surface area contributed by atoms with Crippen LogP contribution in [0.2, 0.25) is 0 Å². The van der Waals surface area contributed by atoms with Gasteiger partial charge in [0.15, 0.2) is 0 Å². The van der Waals surface area contributed by atoms with Crippen LogP contribution >= 0.6 is 0 Å². The van der Waals surface area contributed by atoms with Gasteiger partial charge < -0.3 is 10.4 Å². The maximum Gasteiger partial charge on any atom is 0.310 e. The maximum absolute atomic E-state index is 12.1. The van der Waals surface area contributed by atoms with Crippen LogP contribution in [0.5, 0.6) is 0 Å². The summed E-state index contributed by atoms with van der Waals surface area (Å²) in [7, 11) is 0. The number of nitrogens with one attached hydrogen (secondary N) is 1. The monoisotopic (exact) mass is 270 g/mol. The lowest BCUT2D eigenvalue weighted by Crippen LogP contribution is -2.47. The van der Waals surface area contributed by atoms with E-state index in [0.29, 0.717) is 19.5 Å². The van der Waals surface area contributed by atoms with Crippen LogP contribution in [-0.2, 0) is 9.59 Å². The van der Waals surface area contributed by atoms with E-state index in [2.05, 4.69) is 12.2 Å². The number of carboxylic acid groups (broad SMARTS) is 1. The van der Waals surface area contributed by atoms with E-state index in [1.165, 1.54) is 0 Å². The summed E-state index contributed by atoms with van der Waals surface area (Å²) in [5, 5.41) is 12.2. The topological polar surface area (TPSA) is 69.6 Å². The summed E-state index contributed by atoms with van der Waals surface area (Å²) >= 11 is 0. The first kappa shape index (κ1) is 16.0. The van der Waals surface area contributed by atoms with Crippen LogP contribution in [0.25, 0.3) is 0 Å². The second-order valence-electron chi connectivity index (χ2n) is 5.96. The second-order valence-corrected chi connectivity index (χ2v) is 5.96. The molecule has 1 rings (SSSR count). The van der Waals surface area contributed by atoms with E-state index in [0.717, 1.165) is 12.8 Å². The van der Waals surface area contributed by atoms with Crippen molar-refractivity contribution in [3.05, 3.63) is 0 Å². The second kappa shape index (κ2) is 6.37. The lowest BCUT2D eigenvalue weighted by molar-refractivity contribution is -0.147. The highest BCUT2D eigenvalue weighted by Crippen LogP contribution is 2.31. The summed E-state index contributed by atoms with van der Waals surface area (Å²) in [6.07, 6.45) is 2.60. The van der Waals surface area contributed by atoms with Crippen molar-refractivity contribution >= 4 is 11.9 Å². The number of carboxylic acids is 1. The van der Waals surface area contributed by atoms with Gasteiger partial charge in [-0.25, -0.2) is 0 Å². The number of hydrogen-bond donors (Lipinski definition) is 2. The zero-order valence-corrected chi connectivity index (χ0v) is 12.4. The van der Waals surface area contributed by atoms with Crippen molar-refractivity contribution in [1.29, 1.82) is 0 Å². The number of carbonyl (C=O) groups is 2. The Morgan fingerprint density at radius 1 is 1.42 bits per heavy atom. The van der Waals surface area contributed by atoms with E-state index in [1.54, 1.807) is 6.92 Å². The summed E-state index contributed by atoms with van der Waals surface area (Å²) < 4.78 is 0. The van der Waals surface area contributed by atoms with Gasteiger partial charge in [-0.1, -0.05) is 13.3 Å². The molecule has 0 aromatic rings. The van der Waals surface area contributed by atoms with Crippen LogP contribution < -0.4 is 5.32 Å². The van der Waals surface area contributed by atoms with Crippen LogP contribution in [0.15, 0.2) is 0 Å². The molecule has 3 unspecified atom stereocenters. The Hall–Kier alpha value is -1.10. The van der Waals surface area contributed by atoms with Crippen LogP contribution in [0.3, 0.4) is 0 Å². The molecule has 0 spiro atoms. The molecule has 19 heavy (non-hydrogen) atoms. The molecular weight excluding hydrogens is 244 g/mol. The van der Waals surface area contributed by atoms with E-state index in [1.807, 2.05) is 18.7 Å². The molecule has 0 aliphatic carbocycles. The number of likely N-dealkylation sites (tertiary alicyclic amines) is 1. The Morgan fingerprint density at radius 3 is 2.53 bits per heavy atom. The van der Waals surface area contributed by atoms with Gasteiger partial charge in [0.05, 0.1) is 11.5 Å². The first-order chi connectivity index (χ1) is 8.80. The molecule has 1 amide bonds. The van der Waals surface area contributed by atoms with Crippen molar-refractivity contribution in [3.8, 4) is 0 Å². The molecular formula is C14H26N2O3. The Morgan fingerprint density at radius 2 is 2.05 bits per heavy atom. The molecule has 0 radical (unpaired) electrons. The standard InChI is InChI=1S/C14H26N2O3/c1-5-6-10(2)15-12(17)11(3)16-8-7-14(4,9-16)13(18)19/h10-11H,5-9H2,1-4H3,(H,15,17)(H,18,19). The fourth-order valence-corrected chi connectivity index (χ4v) is 2.54. The van der Waals surface area contributed by atoms with E-state index in [9.17, 15) is 14.7 Å². The zero-order chi connectivity index (χ0) is 14.6. The number of carbonyl (C=O) groups excluding carboxylic acids is 1. The van der Waals surface area contributed by atoms with Crippen molar-refractivity contribution in [3.63, 3.8) is 0 Å². The Kier molecular flexibility index (Phi) is 5.35. The van der Waals surface area contributed by atoms with Gasteiger partial charge >= 0.3 is 5.97 Å². The molecule has 0 bridgehead atoms. The quantitative estimate of drug-likeness (QED) is 0.767. The van der Waals surface area contributed by atoms with Gasteiger partial charge in [-0.05, 0) is 33.6 Å². The lowest BCUT2D eigenvalue weighted by Gasteiger charge is -2.26. The molecule has 1 heterocycles. The third-order valence-electron chi connectivity index (χ3n) is 4.06. The van der Waals surface area contributed by atoms with Crippen molar-refractivity contribution in [1.82, 2.24) is 10.2 Å². The Bertz CT molecular complexity index is 346. The number of aliphatic carboxylic acids is 1. The van der Waals surface area contributed by atoms with Gasteiger partial charge in [-0.15, -0.1) is 0 Å². The SMILES string of the molecule is CCCC(C)NC(=O)C(C)N1CCC(C)(C(=O)O)C1. The molecule has 1 fully saturated rings. The van der Waals surface area contributed by atoms with Gasteiger partial charge in [0.2, 0.25) is 5.91 Å². The number of hydrogen-bond acceptors (Lipinski definition) is 3. The molecule has 1 aliphatic heterocycles. The lowest BCUT2D eigenvalue weighted by atomic mass is 9.90. The van der Waals surface area contributed by atoms with Crippen LogP contribution in [-0.4, -0.2) is 47.1 Å². The Balaban J connectivity index is 2.53. The summed E-state index contributed by atoms with van der Waals surface area (Å²) in [5.41, 5.74) is -0.719. The van der Waals surface area contributed by atoms with Crippen molar-refractivity contribution in [2.75, 3.05) is 13.1 Å². The minimum atomic E-state index is -0.776. The van der Waals surface area contributed by atoms with Gasteiger partial charge in [0.1, 0.15) is 0 Å². The van der Waals surface area contributed by atoms with E-state index < -0.39 is 11.4 Å². The molecule has 110 valence electrons. The maximum atomic E-state index is 12.1.